The van der Waals surface area contributed by atoms with Gasteiger partial charge in [-0.05, 0) is 37.1 Å². The van der Waals surface area contributed by atoms with E-state index in [9.17, 15) is 9.18 Å². The maximum absolute atomic E-state index is 13.5. The summed E-state index contributed by atoms with van der Waals surface area (Å²) in [5.41, 5.74) is 1.79. The average Bonchev–Trinajstić information content (AvgIpc) is 3.30. The third-order valence-corrected chi connectivity index (χ3v) is 3.88. The monoisotopic (exact) mass is 318 g/mol. The number of nitrogens with one attached hydrogen (secondary N) is 2. The highest BCUT2D eigenvalue weighted by Crippen LogP contribution is 2.24. The van der Waals surface area contributed by atoms with Crippen molar-refractivity contribution < 1.29 is 9.18 Å². The van der Waals surface area contributed by atoms with Crippen LogP contribution in [0.15, 0.2) is 42.5 Å². The van der Waals surface area contributed by atoms with Crippen LogP contribution >= 0.6 is 11.6 Å². The van der Waals surface area contributed by atoms with E-state index in [2.05, 4.69) is 10.6 Å². The van der Waals surface area contributed by atoms with Gasteiger partial charge in [0, 0.05) is 23.8 Å². The molecule has 0 heterocycles. The Morgan fingerprint density at radius 1 is 1.23 bits per heavy atom. The van der Waals surface area contributed by atoms with E-state index in [0.29, 0.717) is 28.7 Å². The van der Waals surface area contributed by atoms with Gasteiger partial charge in [0.1, 0.15) is 5.82 Å². The first-order valence-corrected chi connectivity index (χ1v) is 7.59. The standard InChI is InChI=1S/C17H16ClFN2O/c18-15-9-13(20-10-11-3-1-2-4-16(11)19)7-8-14(15)17(22)21-12-5-6-12/h1-4,7-9,12,20H,5-6,10H2,(H,21,22). The van der Waals surface area contributed by atoms with Crippen LogP contribution in [0.1, 0.15) is 28.8 Å². The highest BCUT2D eigenvalue weighted by Gasteiger charge is 2.24. The minimum absolute atomic E-state index is 0.145. The number of hydrogen-bond acceptors (Lipinski definition) is 2. The van der Waals surface area contributed by atoms with Crippen molar-refractivity contribution in [2.75, 3.05) is 5.32 Å². The predicted octanol–water partition coefficient (Wildman–Crippen LogP) is 3.98. The SMILES string of the molecule is O=C(NC1CC1)c1ccc(NCc2ccccc2F)cc1Cl. The first-order valence-electron chi connectivity index (χ1n) is 7.21. The molecule has 0 bridgehead atoms. The van der Waals surface area contributed by atoms with Crippen molar-refractivity contribution in [3.63, 3.8) is 0 Å². The fourth-order valence-electron chi connectivity index (χ4n) is 2.14. The second-order valence-corrected chi connectivity index (χ2v) is 5.79. The lowest BCUT2D eigenvalue weighted by atomic mass is 10.1. The number of carbonyl (C=O) groups is 1. The molecule has 1 amide bonds. The molecule has 3 rings (SSSR count). The highest BCUT2D eigenvalue weighted by atomic mass is 35.5. The van der Waals surface area contributed by atoms with Crippen LogP contribution in [0.2, 0.25) is 5.02 Å². The Morgan fingerprint density at radius 2 is 2.00 bits per heavy atom. The van der Waals surface area contributed by atoms with Gasteiger partial charge in [0.05, 0.1) is 10.6 Å². The van der Waals surface area contributed by atoms with Crippen LogP contribution in [0.25, 0.3) is 0 Å². The quantitative estimate of drug-likeness (QED) is 0.875. The molecule has 1 fully saturated rings. The Bertz CT molecular complexity index is 701. The molecule has 2 aromatic rings. The normalized spacial score (nSPS) is 13.7. The lowest BCUT2D eigenvalue weighted by molar-refractivity contribution is 0.0951. The lowest BCUT2D eigenvalue weighted by Crippen LogP contribution is -2.25. The summed E-state index contributed by atoms with van der Waals surface area (Å²) in [7, 11) is 0. The first kappa shape index (κ1) is 14.9. The molecule has 2 aromatic carbocycles. The number of amides is 1. The summed E-state index contributed by atoms with van der Waals surface area (Å²) in [4.78, 5) is 12.0. The Hall–Kier alpha value is -2.07. The molecular weight excluding hydrogens is 303 g/mol. The fraction of sp³-hybridized carbons (Fsp3) is 0.235. The number of rotatable bonds is 5. The van der Waals surface area contributed by atoms with E-state index in [0.717, 1.165) is 18.5 Å². The van der Waals surface area contributed by atoms with Crippen LogP contribution in [0.5, 0.6) is 0 Å². The van der Waals surface area contributed by atoms with Gasteiger partial charge in [-0.25, -0.2) is 4.39 Å². The van der Waals surface area contributed by atoms with Crippen molar-refractivity contribution >= 4 is 23.2 Å². The van der Waals surface area contributed by atoms with Gasteiger partial charge in [-0.1, -0.05) is 29.8 Å². The number of halogens is 2. The summed E-state index contributed by atoms with van der Waals surface area (Å²) in [6, 6.07) is 12.0. The predicted molar refractivity (Wildman–Crippen MR) is 85.7 cm³/mol. The average molecular weight is 319 g/mol. The van der Waals surface area contributed by atoms with Crippen molar-refractivity contribution in [3.05, 3.63) is 64.4 Å². The van der Waals surface area contributed by atoms with Gasteiger partial charge >= 0.3 is 0 Å². The van der Waals surface area contributed by atoms with Crippen molar-refractivity contribution in [2.24, 2.45) is 0 Å². The van der Waals surface area contributed by atoms with Gasteiger partial charge in [-0.15, -0.1) is 0 Å². The third-order valence-electron chi connectivity index (χ3n) is 3.57. The molecule has 0 radical (unpaired) electrons. The molecule has 0 atom stereocenters. The minimum atomic E-state index is -0.249. The van der Waals surface area contributed by atoms with Gasteiger partial charge in [-0.3, -0.25) is 4.79 Å². The lowest BCUT2D eigenvalue weighted by Gasteiger charge is -2.10. The van der Waals surface area contributed by atoms with Crippen LogP contribution in [0.4, 0.5) is 10.1 Å². The van der Waals surface area contributed by atoms with Gasteiger partial charge in [-0.2, -0.15) is 0 Å². The van der Waals surface area contributed by atoms with Crippen LogP contribution in [-0.2, 0) is 6.54 Å². The molecule has 2 N–H and O–H groups in total. The van der Waals surface area contributed by atoms with E-state index in [1.807, 2.05) is 0 Å². The largest absolute Gasteiger partial charge is 0.381 e. The minimum Gasteiger partial charge on any atom is -0.381 e. The maximum atomic E-state index is 13.5. The van der Waals surface area contributed by atoms with Crippen LogP contribution < -0.4 is 10.6 Å². The van der Waals surface area contributed by atoms with E-state index in [-0.39, 0.29) is 11.7 Å². The molecule has 1 saturated carbocycles. The van der Waals surface area contributed by atoms with Gasteiger partial charge in [0.15, 0.2) is 0 Å². The zero-order valence-corrected chi connectivity index (χ0v) is 12.7. The molecule has 0 aromatic heterocycles. The summed E-state index contributed by atoms with van der Waals surface area (Å²) in [5.74, 6) is -0.394. The Morgan fingerprint density at radius 3 is 2.68 bits per heavy atom. The van der Waals surface area contributed by atoms with E-state index in [1.54, 1.807) is 36.4 Å². The maximum Gasteiger partial charge on any atom is 0.253 e. The Labute approximate surface area is 133 Å². The molecule has 1 aliphatic carbocycles. The molecule has 3 nitrogen and oxygen atoms in total. The van der Waals surface area contributed by atoms with Gasteiger partial charge in [0.2, 0.25) is 0 Å². The van der Waals surface area contributed by atoms with E-state index >= 15 is 0 Å². The summed E-state index contributed by atoms with van der Waals surface area (Å²) in [5, 5.41) is 6.39. The number of benzene rings is 2. The summed E-state index contributed by atoms with van der Waals surface area (Å²) in [6.07, 6.45) is 2.07. The molecular formula is C17H16ClFN2O. The second kappa shape index (κ2) is 6.36. The molecule has 0 aliphatic heterocycles. The summed E-state index contributed by atoms with van der Waals surface area (Å²) in [6.45, 7) is 0.358. The molecule has 1 aliphatic rings. The van der Waals surface area contributed by atoms with Gasteiger partial charge in [0.25, 0.3) is 5.91 Å². The highest BCUT2D eigenvalue weighted by molar-refractivity contribution is 6.34. The summed E-state index contributed by atoms with van der Waals surface area (Å²) < 4.78 is 13.5. The Balaban J connectivity index is 1.66. The molecule has 0 spiro atoms. The van der Waals surface area contributed by atoms with Crippen LogP contribution in [-0.4, -0.2) is 11.9 Å². The van der Waals surface area contributed by atoms with Crippen molar-refractivity contribution in [2.45, 2.75) is 25.4 Å². The third kappa shape index (κ3) is 3.57. The van der Waals surface area contributed by atoms with Crippen LogP contribution in [0, 0.1) is 5.82 Å². The van der Waals surface area contributed by atoms with Crippen molar-refractivity contribution in [3.8, 4) is 0 Å². The number of hydrogen-bond donors (Lipinski definition) is 2. The zero-order chi connectivity index (χ0) is 15.5. The van der Waals surface area contributed by atoms with Gasteiger partial charge < -0.3 is 10.6 Å². The Kier molecular flexibility index (Phi) is 4.29. The first-order chi connectivity index (χ1) is 10.6. The summed E-state index contributed by atoms with van der Waals surface area (Å²) >= 11 is 6.17. The van der Waals surface area contributed by atoms with E-state index < -0.39 is 0 Å². The molecule has 114 valence electrons. The molecule has 5 heteroatoms. The fourth-order valence-corrected chi connectivity index (χ4v) is 2.41. The number of carbonyl (C=O) groups excluding carboxylic acids is 1. The second-order valence-electron chi connectivity index (χ2n) is 5.39. The smallest absolute Gasteiger partial charge is 0.253 e. The topological polar surface area (TPSA) is 41.1 Å². The molecule has 22 heavy (non-hydrogen) atoms. The van der Waals surface area contributed by atoms with E-state index in [4.69, 9.17) is 11.6 Å². The van der Waals surface area contributed by atoms with Crippen LogP contribution in [0.3, 0.4) is 0 Å². The molecule has 0 unspecified atom stereocenters. The number of anilines is 1. The van der Waals surface area contributed by atoms with Crippen molar-refractivity contribution in [1.82, 2.24) is 5.32 Å². The zero-order valence-electron chi connectivity index (χ0n) is 11.9. The van der Waals surface area contributed by atoms with E-state index in [1.165, 1.54) is 6.07 Å². The molecule has 0 saturated heterocycles. The van der Waals surface area contributed by atoms with Crippen molar-refractivity contribution in [1.29, 1.82) is 0 Å².